The highest BCUT2D eigenvalue weighted by Crippen LogP contribution is 2.18. The van der Waals surface area contributed by atoms with Gasteiger partial charge in [0.2, 0.25) is 5.91 Å². The van der Waals surface area contributed by atoms with E-state index in [0.29, 0.717) is 6.54 Å². The van der Waals surface area contributed by atoms with E-state index in [2.05, 4.69) is 33.4 Å². The van der Waals surface area contributed by atoms with Gasteiger partial charge >= 0.3 is 0 Å². The van der Waals surface area contributed by atoms with Gasteiger partial charge in [0.25, 0.3) is 0 Å². The van der Waals surface area contributed by atoms with Gasteiger partial charge < -0.3 is 15.0 Å². The molecular weight excluding hydrogens is 278 g/mol. The predicted octanol–water partition coefficient (Wildman–Crippen LogP) is 1.89. The van der Waals surface area contributed by atoms with Crippen LogP contribution in [-0.2, 0) is 16.1 Å². The van der Waals surface area contributed by atoms with Crippen LogP contribution in [0.4, 0.5) is 5.82 Å². The third-order valence-electron chi connectivity index (χ3n) is 4.25. The molecule has 2 aliphatic rings. The molecule has 5 heteroatoms. The molecule has 1 aliphatic heterocycles. The standard InChI is InChI=1S/C17H23N3O2/c21-17(15-4-2-1-3-5-15)19-13-14-6-7-18-16(12-14)20-8-10-22-11-9-20/h1-2,6-7,12,15H,3-5,8-11,13H2,(H,19,21)/t15-/m1/s1. The molecule has 1 N–H and O–H groups in total. The number of pyridine rings is 1. The van der Waals surface area contributed by atoms with Gasteiger partial charge in [-0.05, 0) is 37.0 Å². The second-order valence-corrected chi connectivity index (χ2v) is 5.82. The molecule has 1 atom stereocenters. The van der Waals surface area contributed by atoms with E-state index >= 15 is 0 Å². The fourth-order valence-electron chi connectivity index (χ4n) is 2.90. The number of morpholine rings is 1. The summed E-state index contributed by atoms with van der Waals surface area (Å²) >= 11 is 0. The summed E-state index contributed by atoms with van der Waals surface area (Å²) in [6.45, 7) is 3.81. The van der Waals surface area contributed by atoms with Gasteiger partial charge in [-0.3, -0.25) is 4.79 Å². The topological polar surface area (TPSA) is 54.5 Å². The number of carbonyl (C=O) groups excluding carboxylic acids is 1. The van der Waals surface area contributed by atoms with Crippen LogP contribution in [0, 0.1) is 5.92 Å². The lowest BCUT2D eigenvalue weighted by molar-refractivity contribution is -0.125. The molecule has 0 saturated carbocycles. The van der Waals surface area contributed by atoms with Crippen molar-refractivity contribution in [1.82, 2.24) is 10.3 Å². The summed E-state index contributed by atoms with van der Waals surface area (Å²) in [5.41, 5.74) is 1.09. The fourth-order valence-corrected chi connectivity index (χ4v) is 2.90. The molecule has 0 radical (unpaired) electrons. The summed E-state index contributed by atoms with van der Waals surface area (Å²) < 4.78 is 5.37. The van der Waals surface area contributed by atoms with Crippen LogP contribution >= 0.6 is 0 Å². The molecule has 2 heterocycles. The first kappa shape index (κ1) is 15.0. The van der Waals surface area contributed by atoms with Gasteiger partial charge in [0, 0.05) is 31.7 Å². The van der Waals surface area contributed by atoms with Crippen molar-refractivity contribution in [2.45, 2.75) is 25.8 Å². The van der Waals surface area contributed by atoms with Crippen LogP contribution in [0.3, 0.4) is 0 Å². The minimum Gasteiger partial charge on any atom is -0.378 e. The third kappa shape index (κ3) is 3.85. The number of nitrogens with zero attached hydrogens (tertiary/aromatic N) is 2. The van der Waals surface area contributed by atoms with Crippen molar-refractivity contribution in [3.05, 3.63) is 36.0 Å². The van der Waals surface area contributed by atoms with E-state index in [4.69, 9.17) is 4.74 Å². The van der Waals surface area contributed by atoms with Crippen molar-refractivity contribution in [1.29, 1.82) is 0 Å². The zero-order chi connectivity index (χ0) is 15.2. The van der Waals surface area contributed by atoms with Gasteiger partial charge in [-0.15, -0.1) is 0 Å². The van der Waals surface area contributed by atoms with Gasteiger partial charge in [-0.25, -0.2) is 4.98 Å². The Bertz CT molecular complexity index is 538. The molecule has 5 nitrogen and oxygen atoms in total. The fraction of sp³-hybridized carbons (Fsp3) is 0.529. The van der Waals surface area contributed by atoms with Crippen molar-refractivity contribution >= 4 is 11.7 Å². The molecular formula is C17H23N3O2. The molecule has 0 aromatic carbocycles. The van der Waals surface area contributed by atoms with Gasteiger partial charge in [-0.1, -0.05) is 12.2 Å². The number of carbonyl (C=O) groups is 1. The molecule has 1 saturated heterocycles. The minimum atomic E-state index is 0.130. The molecule has 1 aromatic heterocycles. The van der Waals surface area contributed by atoms with Crippen molar-refractivity contribution < 1.29 is 9.53 Å². The summed E-state index contributed by atoms with van der Waals surface area (Å²) in [7, 11) is 0. The molecule has 0 bridgehead atoms. The molecule has 1 amide bonds. The SMILES string of the molecule is O=C(NCc1ccnc(N2CCOCC2)c1)[C@@H]1CC=CCC1. The summed E-state index contributed by atoms with van der Waals surface area (Å²) in [5.74, 6) is 1.26. The van der Waals surface area contributed by atoms with Crippen molar-refractivity contribution in [3.63, 3.8) is 0 Å². The Morgan fingerprint density at radius 3 is 3.00 bits per heavy atom. The van der Waals surface area contributed by atoms with E-state index in [0.717, 1.165) is 56.9 Å². The number of hydrogen-bond acceptors (Lipinski definition) is 4. The number of allylic oxidation sites excluding steroid dienone is 2. The highest BCUT2D eigenvalue weighted by atomic mass is 16.5. The zero-order valence-electron chi connectivity index (χ0n) is 12.8. The van der Waals surface area contributed by atoms with Crippen LogP contribution in [0.1, 0.15) is 24.8 Å². The number of hydrogen-bond donors (Lipinski definition) is 1. The molecule has 0 spiro atoms. The second kappa shape index (κ2) is 7.40. The van der Waals surface area contributed by atoms with E-state index in [1.807, 2.05) is 12.3 Å². The predicted molar refractivity (Wildman–Crippen MR) is 85.6 cm³/mol. The first-order valence-corrected chi connectivity index (χ1v) is 8.03. The molecule has 1 aliphatic carbocycles. The lowest BCUT2D eigenvalue weighted by atomic mass is 9.93. The Morgan fingerprint density at radius 2 is 2.23 bits per heavy atom. The zero-order valence-corrected chi connectivity index (χ0v) is 12.8. The van der Waals surface area contributed by atoms with Gasteiger partial charge in [0.15, 0.2) is 0 Å². The Balaban J connectivity index is 1.55. The van der Waals surface area contributed by atoms with Crippen LogP contribution in [0.2, 0.25) is 0 Å². The van der Waals surface area contributed by atoms with Gasteiger partial charge in [0.1, 0.15) is 5.82 Å². The summed E-state index contributed by atoms with van der Waals surface area (Å²) in [5, 5.41) is 3.05. The number of anilines is 1. The average Bonchev–Trinajstić information content (AvgIpc) is 2.61. The quantitative estimate of drug-likeness (QED) is 0.863. The summed E-state index contributed by atoms with van der Waals surface area (Å²) in [6.07, 6.45) is 8.90. The maximum absolute atomic E-state index is 12.2. The van der Waals surface area contributed by atoms with Crippen molar-refractivity contribution in [2.75, 3.05) is 31.2 Å². The van der Waals surface area contributed by atoms with Crippen LogP contribution in [0.5, 0.6) is 0 Å². The lowest BCUT2D eigenvalue weighted by Crippen LogP contribution is -2.36. The molecule has 1 fully saturated rings. The average molecular weight is 301 g/mol. The Kier molecular flexibility index (Phi) is 5.06. The molecule has 118 valence electrons. The highest BCUT2D eigenvalue weighted by molar-refractivity contribution is 5.79. The van der Waals surface area contributed by atoms with Gasteiger partial charge in [-0.2, -0.15) is 0 Å². The third-order valence-corrected chi connectivity index (χ3v) is 4.25. The molecule has 0 unspecified atom stereocenters. The lowest BCUT2D eigenvalue weighted by Gasteiger charge is -2.28. The number of ether oxygens (including phenoxy) is 1. The maximum atomic E-state index is 12.2. The number of rotatable bonds is 4. The van der Waals surface area contributed by atoms with Crippen LogP contribution in [0.25, 0.3) is 0 Å². The van der Waals surface area contributed by atoms with E-state index in [1.165, 1.54) is 0 Å². The normalized spacial score (nSPS) is 21.6. The Hall–Kier alpha value is -1.88. The molecule has 22 heavy (non-hydrogen) atoms. The summed E-state index contributed by atoms with van der Waals surface area (Å²) in [6, 6.07) is 4.03. The molecule has 1 aromatic rings. The van der Waals surface area contributed by atoms with Crippen LogP contribution in [0.15, 0.2) is 30.5 Å². The van der Waals surface area contributed by atoms with Crippen molar-refractivity contribution in [2.24, 2.45) is 5.92 Å². The minimum absolute atomic E-state index is 0.130. The second-order valence-electron chi connectivity index (χ2n) is 5.82. The van der Waals surface area contributed by atoms with Gasteiger partial charge in [0.05, 0.1) is 13.2 Å². The number of nitrogens with one attached hydrogen (secondary N) is 1. The summed E-state index contributed by atoms with van der Waals surface area (Å²) in [4.78, 5) is 18.8. The number of aromatic nitrogens is 1. The van der Waals surface area contributed by atoms with Crippen LogP contribution in [-0.4, -0.2) is 37.2 Å². The van der Waals surface area contributed by atoms with Crippen LogP contribution < -0.4 is 10.2 Å². The first-order valence-electron chi connectivity index (χ1n) is 8.03. The monoisotopic (exact) mass is 301 g/mol. The Morgan fingerprint density at radius 1 is 1.36 bits per heavy atom. The smallest absolute Gasteiger partial charge is 0.223 e. The van der Waals surface area contributed by atoms with E-state index in [1.54, 1.807) is 0 Å². The first-order chi connectivity index (χ1) is 10.8. The molecule has 3 rings (SSSR count). The van der Waals surface area contributed by atoms with E-state index in [-0.39, 0.29) is 11.8 Å². The number of amides is 1. The Labute approximate surface area is 131 Å². The van der Waals surface area contributed by atoms with E-state index < -0.39 is 0 Å². The maximum Gasteiger partial charge on any atom is 0.223 e. The highest BCUT2D eigenvalue weighted by Gasteiger charge is 2.18. The largest absolute Gasteiger partial charge is 0.378 e. The van der Waals surface area contributed by atoms with E-state index in [9.17, 15) is 4.79 Å². The van der Waals surface area contributed by atoms with Crippen molar-refractivity contribution in [3.8, 4) is 0 Å².